The van der Waals surface area contributed by atoms with Gasteiger partial charge in [0.2, 0.25) is 0 Å². The number of hydrogen-bond acceptors (Lipinski definition) is 3. The molecule has 0 unspecified atom stereocenters. The Kier molecular flexibility index (Phi) is 2.60. The Hall–Kier alpha value is -0.480. The number of hydrogen-bond donors (Lipinski definition) is 1. The Balaban J connectivity index is 2.25. The molecule has 1 aliphatic carbocycles. The summed E-state index contributed by atoms with van der Waals surface area (Å²) in [5.41, 5.74) is 7.70. The number of rotatable bonds is 3. The summed E-state index contributed by atoms with van der Waals surface area (Å²) in [5.74, 6) is 0.677. The molecule has 1 heterocycles. The van der Waals surface area contributed by atoms with E-state index < -0.39 is 0 Å². The predicted octanol–water partition coefficient (Wildman–Crippen LogP) is 1.62. The van der Waals surface area contributed by atoms with Crippen LogP contribution in [0.1, 0.15) is 30.1 Å². The maximum atomic E-state index is 5.48. The Bertz CT molecular complexity index is 310. The molecule has 13 heavy (non-hydrogen) atoms. The van der Waals surface area contributed by atoms with Crippen LogP contribution in [0.3, 0.4) is 0 Å². The van der Waals surface area contributed by atoms with Gasteiger partial charge in [0.15, 0.2) is 4.73 Å². The summed E-state index contributed by atoms with van der Waals surface area (Å²) in [6, 6.07) is 2.08. The quantitative estimate of drug-likeness (QED) is 0.819. The van der Waals surface area contributed by atoms with Gasteiger partial charge in [0, 0.05) is 23.7 Å². The summed E-state index contributed by atoms with van der Waals surface area (Å²) < 4.78 is 0.695. The molecule has 0 spiro atoms. The molecule has 3 nitrogen and oxygen atoms in total. The minimum absolute atomic E-state index is 0.646. The number of nitrogens with zero attached hydrogens (tertiary/aromatic N) is 2. The van der Waals surface area contributed by atoms with Crippen molar-refractivity contribution in [2.24, 2.45) is 5.73 Å². The number of halogens is 1. The summed E-state index contributed by atoms with van der Waals surface area (Å²) in [5, 5.41) is 0. The van der Waals surface area contributed by atoms with Crippen LogP contribution in [-0.4, -0.2) is 16.5 Å². The summed E-state index contributed by atoms with van der Waals surface area (Å²) in [4.78, 5) is 8.60. The summed E-state index contributed by atoms with van der Waals surface area (Å²) >= 11 is 3.32. The molecule has 1 aromatic heterocycles. The Morgan fingerprint density at radius 3 is 2.85 bits per heavy atom. The first kappa shape index (κ1) is 9.09. The van der Waals surface area contributed by atoms with E-state index in [9.17, 15) is 0 Å². The largest absolute Gasteiger partial charge is 0.330 e. The molecule has 0 bridgehead atoms. The van der Waals surface area contributed by atoms with E-state index in [0.29, 0.717) is 17.2 Å². The smallest absolute Gasteiger partial charge is 0.197 e. The maximum Gasteiger partial charge on any atom is 0.197 e. The van der Waals surface area contributed by atoms with E-state index in [0.717, 1.165) is 12.1 Å². The number of nitrogens with two attached hydrogens (primary N) is 1. The van der Waals surface area contributed by atoms with Crippen molar-refractivity contribution in [2.75, 3.05) is 6.54 Å². The molecule has 1 aromatic rings. The lowest BCUT2D eigenvalue weighted by Crippen LogP contribution is -2.06. The van der Waals surface area contributed by atoms with Crippen molar-refractivity contribution < 1.29 is 0 Å². The molecule has 1 fully saturated rings. The van der Waals surface area contributed by atoms with Crippen LogP contribution in [0, 0.1) is 0 Å². The fourth-order valence-corrected chi connectivity index (χ4v) is 1.78. The van der Waals surface area contributed by atoms with Gasteiger partial charge in [0.05, 0.1) is 0 Å². The first-order valence-corrected chi connectivity index (χ1v) is 5.32. The zero-order chi connectivity index (χ0) is 9.26. The molecule has 4 heteroatoms. The van der Waals surface area contributed by atoms with Crippen molar-refractivity contribution in [3.8, 4) is 0 Å². The monoisotopic (exact) mass is 241 g/mol. The van der Waals surface area contributed by atoms with Gasteiger partial charge in [-0.25, -0.2) is 9.97 Å². The third kappa shape index (κ3) is 2.25. The third-order valence-electron chi connectivity index (χ3n) is 2.17. The molecule has 2 N–H and O–H groups in total. The highest BCUT2D eigenvalue weighted by molar-refractivity contribution is 9.10. The molecule has 1 saturated carbocycles. The lowest BCUT2D eigenvalue weighted by molar-refractivity contribution is 0.867. The summed E-state index contributed by atoms with van der Waals surface area (Å²) in [6.07, 6.45) is 3.37. The zero-order valence-corrected chi connectivity index (χ0v) is 8.92. The lowest BCUT2D eigenvalue weighted by atomic mass is 10.2. The predicted molar refractivity (Wildman–Crippen MR) is 54.5 cm³/mol. The Morgan fingerprint density at radius 2 is 2.23 bits per heavy atom. The molecule has 0 amide bonds. The van der Waals surface area contributed by atoms with Gasteiger partial charge < -0.3 is 5.73 Å². The van der Waals surface area contributed by atoms with Crippen LogP contribution >= 0.6 is 15.9 Å². The SMILES string of the molecule is NCCc1cc(C2CC2)nc(Br)n1. The minimum Gasteiger partial charge on any atom is -0.330 e. The first-order chi connectivity index (χ1) is 6.29. The van der Waals surface area contributed by atoms with Gasteiger partial charge in [-0.1, -0.05) is 0 Å². The fourth-order valence-electron chi connectivity index (χ4n) is 1.35. The van der Waals surface area contributed by atoms with Gasteiger partial charge in [-0.2, -0.15) is 0 Å². The average molecular weight is 242 g/mol. The van der Waals surface area contributed by atoms with E-state index in [4.69, 9.17) is 5.73 Å². The summed E-state index contributed by atoms with van der Waals surface area (Å²) in [6.45, 7) is 0.646. The van der Waals surface area contributed by atoms with Crippen molar-refractivity contribution in [1.29, 1.82) is 0 Å². The Morgan fingerprint density at radius 1 is 1.46 bits per heavy atom. The molecule has 2 rings (SSSR count). The van der Waals surface area contributed by atoms with Crippen LogP contribution in [0.2, 0.25) is 0 Å². The second-order valence-electron chi connectivity index (χ2n) is 3.37. The Labute approximate surface area is 85.9 Å². The second-order valence-corrected chi connectivity index (χ2v) is 4.08. The van der Waals surface area contributed by atoms with Gasteiger partial charge in [-0.05, 0) is 41.4 Å². The zero-order valence-electron chi connectivity index (χ0n) is 7.33. The standard InChI is InChI=1S/C9H12BrN3/c10-9-12-7(3-4-11)5-8(13-9)6-1-2-6/h5-6H,1-4,11H2. The molecule has 0 saturated heterocycles. The molecule has 70 valence electrons. The van der Waals surface area contributed by atoms with Gasteiger partial charge in [-0.15, -0.1) is 0 Å². The molecule has 0 atom stereocenters. The highest BCUT2D eigenvalue weighted by Gasteiger charge is 2.25. The normalized spacial score (nSPS) is 16.2. The molecular weight excluding hydrogens is 230 g/mol. The summed E-state index contributed by atoms with van der Waals surface area (Å²) in [7, 11) is 0. The third-order valence-corrected chi connectivity index (χ3v) is 2.52. The van der Waals surface area contributed by atoms with Crippen molar-refractivity contribution in [2.45, 2.75) is 25.2 Å². The molecule has 0 aliphatic heterocycles. The first-order valence-electron chi connectivity index (χ1n) is 4.53. The van der Waals surface area contributed by atoms with E-state index >= 15 is 0 Å². The van der Waals surface area contributed by atoms with Crippen molar-refractivity contribution in [3.05, 3.63) is 22.2 Å². The van der Waals surface area contributed by atoms with Gasteiger partial charge in [0.25, 0.3) is 0 Å². The van der Waals surface area contributed by atoms with E-state index in [2.05, 4.69) is 32.0 Å². The van der Waals surface area contributed by atoms with Crippen LogP contribution < -0.4 is 5.73 Å². The van der Waals surface area contributed by atoms with E-state index in [1.165, 1.54) is 18.5 Å². The average Bonchev–Trinajstić information content (AvgIpc) is 2.85. The van der Waals surface area contributed by atoms with Crippen LogP contribution in [0.25, 0.3) is 0 Å². The molecule has 0 aromatic carbocycles. The topological polar surface area (TPSA) is 51.8 Å². The van der Waals surface area contributed by atoms with Crippen LogP contribution in [0.4, 0.5) is 0 Å². The molecule has 1 aliphatic rings. The molecule has 0 radical (unpaired) electrons. The van der Waals surface area contributed by atoms with Crippen molar-refractivity contribution >= 4 is 15.9 Å². The van der Waals surface area contributed by atoms with E-state index in [1.807, 2.05) is 0 Å². The highest BCUT2D eigenvalue weighted by atomic mass is 79.9. The van der Waals surface area contributed by atoms with Gasteiger partial charge >= 0.3 is 0 Å². The van der Waals surface area contributed by atoms with Crippen molar-refractivity contribution in [1.82, 2.24) is 9.97 Å². The van der Waals surface area contributed by atoms with Gasteiger partial charge in [-0.3, -0.25) is 0 Å². The van der Waals surface area contributed by atoms with E-state index in [1.54, 1.807) is 0 Å². The van der Waals surface area contributed by atoms with Crippen LogP contribution in [0.5, 0.6) is 0 Å². The van der Waals surface area contributed by atoms with Gasteiger partial charge in [0.1, 0.15) is 0 Å². The van der Waals surface area contributed by atoms with Crippen LogP contribution in [-0.2, 0) is 6.42 Å². The maximum absolute atomic E-state index is 5.48. The van der Waals surface area contributed by atoms with Crippen molar-refractivity contribution in [3.63, 3.8) is 0 Å². The van der Waals surface area contributed by atoms with E-state index in [-0.39, 0.29) is 0 Å². The second kappa shape index (κ2) is 3.72. The number of aromatic nitrogens is 2. The lowest BCUT2D eigenvalue weighted by Gasteiger charge is -2.02. The highest BCUT2D eigenvalue weighted by Crippen LogP contribution is 2.39. The molecular formula is C9H12BrN3. The van der Waals surface area contributed by atoms with Crippen LogP contribution in [0.15, 0.2) is 10.8 Å². The minimum atomic E-state index is 0.646. The fraction of sp³-hybridized carbons (Fsp3) is 0.556.